The average Bonchev–Trinajstić information content (AvgIpc) is 3.32. The number of hydrogen-bond acceptors (Lipinski definition) is 3. The summed E-state index contributed by atoms with van der Waals surface area (Å²) in [7, 11) is 0. The van der Waals surface area contributed by atoms with E-state index in [0.717, 1.165) is 24.7 Å². The average molecular weight is 346 g/mol. The Balaban J connectivity index is 1.60. The van der Waals surface area contributed by atoms with E-state index in [-0.39, 0.29) is 0 Å². The molecule has 2 aromatic heterocycles. The Morgan fingerprint density at radius 2 is 1.92 bits per heavy atom. The number of hydrogen-bond donors (Lipinski definition) is 0. The second kappa shape index (κ2) is 7.42. The molecule has 1 aromatic carbocycles. The van der Waals surface area contributed by atoms with Gasteiger partial charge in [-0.05, 0) is 37.1 Å². The van der Waals surface area contributed by atoms with Crippen molar-refractivity contribution < 1.29 is 0 Å². The maximum atomic E-state index is 5.01. The molecule has 0 saturated carbocycles. The molecule has 0 radical (unpaired) electrons. The lowest BCUT2D eigenvalue weighted by atomic mass is 10.1. The maximum Gasteiger partial charge on any atom is 0.138 e. The fourth-order valence-electron chi connectivity index (χ4n) is 3.86. The van der Waals surface area contributed by atoms with E-state index in [0.29, 0.717) is 12.0 Å². The third-order valence-corrected chi connectivity index (χ3v) is 5.12. The fraction of sp³-hybridized carbons (Fsp3) is 0.364. The van der Waals surface area contributed by atoms with Gasteiger partial charge in [0.25, 0.3) is 0 Å². The largest absolute Gasteiger partial charge is 0.291 e. The van der Waals surface area contributed by atoms with Crippen molar-refractivity contribution in [3.8, 4) is 5.82 Å². The number of nitrogens with zero attached hydrogens (tertiary/aromatic N) is 4. The number of imidazole rings is 1. The molecule has 1 unspecified atom stereocenters. The summed E-state index contributed by atoms with van der Waals surface area (Å²) < 4.78 is 2.12. The molecule has 0 aliphatic carbocycles. The molecule has 4 heteroatoms. The molecule has 0 amide bonds. The first-order chi connectivity index (χ1) is 12.7. The van der Waals surface area contributed by atoms with Crippen molar-refractivity contribution in [2.45, 2.75) is 45.2 Å². The van der Waals surface area contributed by atoms with Crippen LogP contribution >= 0.6 is 0 Å². The van der Waals surface area contributed by atoms with Gasteiger partial charge in [-0.1, -0.05) is 50.2 Å². The minimum atomic E-state index is 0.372. The van der Waals surface area contributed by atoms with Crippen LogP contribution in [0, 0.1) is 0 Å². The minimum Gasteiger partial charge on any atom is -0.291 e. The van der Waals surface area contributed by atoms with Gasteiger partial charge < -0.3 is 0 Å². The highest BCUT2D eigenvalue weighted by molar-refractivity contribution is 5.29. The standard InChI is InChI=1S/C22H26N4/c1-17(2)22-23-13-15-26(22)21-12-6-10-19(24-21)20-11-7-14-25(20)16-18-8-4-3-5-9-18/h3-6,8-10,12-13,15,17,20H,7,11,14,16H2,1-2H3. The summed E-state index contributed by atoms with van der Waals surface area (Å²) in [5.74, 6) is 2.40. The van der Waals surface area contributed by atoms with Crippen LogP contribution < -0.4 is 0 Å². The Morgan fingerprint density at radius 3 is 2.73 bits per heavy atom. The van der Waals surface area contributed by atoms with Crippen molar-refractivity contribution in [3.63, 3.8) is 0 Å². The molecule has 26 heavy (non-hydrogen) atoms. The van der Waals surface area contributed by atoms with Crippen LogP contribution in [0.1, 0.15) is 55.7 Å². The first-order valence-corrected chi connectivity index (χ1v) is 9.51. The van der Waals surface area contributed by atoms with Crippen LogP contribution in [0.4, 0.5) is 0 Å². The fourth-order valence-corrected chi connectivity index (χ4v) is 3.86. The summed E-state index contributed by atoms with van der Waals surface area (Å²) in [5, 5.41) is 0. The lowest BCUT2D eigenvalue weighted by Crippen LogP contribution is -2.23. The third kappa shape index (κ3) is 3.42. The summed E-state index contributed by atoms with van der Waals surface area (Å²) >= 11 is 0. The smallest absolute Gasteiger partial charge is 0.138 e. The lowest BCUT2D eigenvalue weighted by Gasteiger charge is -2.24. The van der Waals surface area contributed by atoms with E-state index in [2.05, 4.69) is 76.8 Å². The topological polar surface area (TPSA) is 34.0 Å². The molecular weight excluding hydrogens is 320 g/mol. The molecule has 1 fully saturated rings. The normalized spacial score (nSPS) is 17.9. The van der Waals surface area contributed by atoms with E-state index in [1.54, 1.807) is 0 Å². The zero-order valence-corrected chi connectivity index (χ0v) is 15.5. The Kier molecular flexibility index (Phi) is 4.85. The molecule has 4 rings (SSSR count). The second-order valence-corrected chi connectivity index (χ2v) is 7.34. The zero-order valence-electron chi connectivity index (χ0n) is 15.5. The number of rotatable bonds is 5. The van der Waals surface area contributed by atoms with Crippen LogP contribution in [0.15, 0.2) is 60.9 Å². The number of benzene rings is 1. The molecule has 134 valence electrons. The molecule has 0 spiro atoms. The number of aromatic nitrogens is 3. The van der Waals surface area contributed by atoms with Gasteiger partial charge in [0.1, 0.15) is 11.6 Å². The van der Waals surface area contributed by atoms with Gasteiger partial charge in [0.15, 0.2) is 0 Å². The summed E-state index contributed by atoms with van der Waals surface area (Å²) in [5.41, 5.74) is 2.53. The van der Waals surface area contributed by atoms with Crippen molar-refractivity contribution >= 4 is 0 Å². The van der Waals surface area contributed by atoms with Gasteiger partial charge in [0, 0.05) is 24.9 Å². The van der Waals surface area contributed by atoms with Gasteiger partial charge in [0.2, 0.25) is 0 Å². The van der Waals surface area contributed by atoms with E-state index in [4.69, 9.17) is 4.98 Å². The molecular formula is C22H26N4. The minimum absolute atomic E-state index is 0.372. The van der Waals surface area contributed by atoms with Gasteiger partial charge in [-0.15, -0.1) is 0 Å². The Morgan fingerprint density at radius 1 is 1.08 bits per heavy atom. The van der Waals surface area contributed by atoms with E-state index in [1.807, 2.05) is 12.4 Å². The molecule has 1 aliphatic rings. The molecule has 1 atom stereocenters. The van der Waals surface area contributed by atoms with E-state index in [9.17, 15) is 0 Å². The van der Waals surface area contributed by atoms with Crippen molar-refractivity contribution in [1.82, 2.24) is 19.4 Å². The quantitative estimate of drug-likeness (QED) is 0.670. The van der Waals surface area contributed by atoms with Gasteiger partial charge in [-0.3, -0.25) is 9.47 Å². The van der Waals surface area contributed by atoms with Crippen LogP contribution in [0.25, 0.3) is 5.82 Å². The Hall–Kier alpha value is -2.46. The van der Waals surface area contributed by atoms with Crippen molar-refractivity contribution in [2.24, 2.45) is 0 Å². The summed E-state index contributed by atoms with van der Waals surface area (Å²) in [6.07, 6.45) is 6.27. The number of pyridine rings is 1. The van der Waals surface area contributed by atoms with Crippen LogP contribution in [0.3, 0.4) is 0 Å². The van der Waals surface area contributed by atoms with Crippen LogP contribution in [0.5, 0.6) is 0 Å². The van der Waals surface area contributed by atoms with Crippen LogP contribution in [-0.4, -0.2) is 26.0 Å². The lowest BCUT2D eigenvalue weighted by molar-refractivity contribution is 0.244. The Bertz CT molecular complexity index is 853. The van der Waals surface area contributed by atoms with Gasteiger partial charge >= 0.3 is 0 Å². The summed E-state index contributed by atoms with van der Waals surface area (Å²) in [6.45, 7) is 6.45. The predicted molar refractivity (Wildman–Crippen MR) is 104 cm³/mol. The van der Waals surface area contributed by atoms with Crippen LogP contribution in [0.2, 0.25) is 0 Å². The van der Waals surface area contributed by atoms with Crippen molar-refractivity contribution in [2.75, 3.05) is 6.54 Å². The first-order valence-electron chi connectivity index (χ1n) is 9.51. The molecule has 3 aromatic rings. The third-order valence-electron chi connectivity index (χ3n) is 5.12. The highest BCUT2D eigenvalue weighted by atomic mass is 15.2. The molecule has 0 bridgehead atoms. The van der Waals surface area contributed by atoms with E-state index in [1.165, 1.54) is 24.1 Å². The molecule has 3 heterocycles. The highest BCUT2D eigenvalue weighted by Crippen LogP contribution is 2.32. The summed E-state index contributed by atoms with van der Waals surface area (Å²) in [4.78, 5) is 12.1. The number of likely N-dealkylation sites (tertiary alicyclic amines) is 1. The summed E-state index contributed by atoms with van der Waals surface area (Å²) in [6, 6.07) is 17.5. The van der Waals surface area contributed by atoms with E-state index < -0.39 is 0 Å². The monoisotopic (exact) mass is 346 g/mol. The van der Waals surface area contributed by atoms with Gasteiger partial charge in [-0.2, -0.15) is 0 Å². The van der Waals surface area contributed by atoms with Crippen molar-refractivity contribution in [1.29, 1.82) is 0 Å². The van der Waals surface area contributed by atoms with Crippen LogP contribution in [-0.2, 0) is 6.54 Å². The Labute approximate surface area is 155 Å². The SMILES string of the molecule is CC(C)c1nccn1-c1cccc(C2CCCN2Cc2ccccc2)n1. The molecule has 1 saturated heterocycles. The van der Waals surface area contributed by atoms with Gasteiger partial charge in [-0.25, -0.2) is 9.97 Å². The van der Waals surface area contributed by atoms with Gasteiger partial charge in [0.05, 0.1) is 11.7 Å². The molecule has 0 N–H and O–H groups in total. The maximum absolute atomic E-state index is 5.01. The molecule has 1 aliphatic heterocycles. The second-order valence-electron chi connectivity index (χ2n) is 7.34. The zero-order chi connectivity index (χ0) is 17.9. The predicted octanol–water partition coefficient (Wildman–Crippen LogP) is 4.73. The van der Waals surface area contributed by atoms with E-state index >= 15 is 0 Å². The highest BCUT2D eigenvalue weighted by Gasteiger charge is 2.27. The first kappa shape index (κ1) is 17.0. The van der Waals surface area contributed by atoms with Crippen molar-refractivity contribution in [3.05, 3.63) is 78.0 Å². The molecule has 4 nitrogen and oxygen atoms in total.